The van der Waals surface area contributed by atoms with Crippen LogP contribution in [0.15, 0.2) is 48.7 Å². The number of methoxy groups -OCH3 is 2. The molecule has 0 fully saturated rings. The van der Waals surface area contributed by atoms with Crippen molar-refractivity contribution in [3.63, 3.8) is 0 Å². The largest absolute Gasteiger partial charge is 0.497 e. The van der Waals surface area contributed by atoms with E-state index < -0.39 is 6.23 Å². The number of hydrogen-bond acceptors (Lipinski definition) is 4. The number of nitrogens with one attached hydrogen (secondary N) is 1. The minimum Gasteiger partial charge on any atom is -0.497 e. The van der Waals surface area contributed by atoms with E-state index in [0.29, 0.717) is 28.8 Å². The number of aliphatic hydroxyl groups is 1. The second kappa shape index (κ2) is 7.03. The fourth-order valence-corrected chi connectivity index (χ4v) is 2.91. The van der Waals surface area contributed by atoms with E-state index in [2.05, 4.69) is 5.32 Å². The molecule has 0 amide bonds. The Morgan fingerprint density at radius 1 is 1.17 bits per heavy atom. The van der Waals surface area contributed by atoms with Gasteiger partial charge in [0.25, 0.3) is 0 Å². The highest BCUT2D eigenvalue weighted by Gasteiger charge is 2.12. The lowest BCUT2D eigenvalue weighted by Crippen LogP contribution is -2.24. The van der Waals surface area contributed by atoms with Crippen molar-refractivity contribution >= 4 is 28.2 Å². The lowest BCUT2D eigenvalue weighted by atomic mass is 10.2. The maximum atomic E-state index is 10.4. The van der Waals surface area contributed by atoms with Crippen molar-refractivity contribution in [1.29, 1.82) is 0 Å². The predicted octanol–water partition coefficient (Wildman–Crippen LogP) is 3.74. The van der Waals surface area contributed by atoms with Crippen molar-refractivity contribution < 1.29 is 14.6 Å². The smallest absolute Gasteiger partial charge is 0.145 e. The van der Waals surface area contributed by atoms with Crippen LogP contribution in [0.25, 0.3) is 10.9 Å². The fourth-order valence-electron chi connectivity index (χ4n) is 2.67. The Hall–Kier alpha value is -2.37. The van der Waals surface area contributed by atoms with Crippen molar-refractivity contribution in [3.8, 4) is 11.5 Å². The van der Waals surface area contributed by atoms with Crippen LogP contribution in [0.5, 0.6) is 11.5 Å². The fraction of sp³-hybridized carbons (Fsp3) is 0.222. The van der Waals surface area contributed by atoms with Crippen LogP contribution in [0.1, 0.15) is 0 Å². The molecule has 0 spiro atoms. The van der Waals surface area contributed by atoms with E-state index in [-0.39, 0.29) is 0 Å². The van der Waals surface area contributed by atoms with E-state index in [1.165, 1.54) is 0 Å². The Morgan fingerprint density at radius 2 is 2.00 bits per heavy atom. The quantitative estimate of drug-likeness (QED) is 0.667. The number of nitrogens with zero attached hydrogens (tertiary/aromatic N) is 1. The summed E-state index contributed by atoms with van der Waals surface area (Å²) < 4.78 is 12.5. The number of ether oxygens (including phenoxy) is 2. The number of fused-ring (bicyclic) bond motifs is 1. The summed E-state index contributed by atoms with van der Waals surface area (Å²) in [6, 6.07) is 13.0. The van der Waals surface area contributed by atoms with Gasteiger partial charge in [0.2, 0.25) is 0 Å². The molecule has 3 rings (SSSR count). The molecule has 1 atom stereocenters. The highest BCUT2D eigenvalue weighted by molar-refractivity contribution is 6.35. The van der Waals surface area contributed by atoms with E-state index in [4.69, 9.17) is 21.1 Å². The number of benzene rings is 2. The van der Waals surface area contributed by atoms with E-state index in [0.717, 1.165) is 10.9 Å². The molecule has 0 radical (unpaired) electrons. The Kier molecular flexibility index (Phi) is 4.83. The maximum absolute atomic E-state index is 10.4. The molecule has 0 aliphatic carbocycles. The molecule has 3 aromatic rings. The van der Waals surface area contributed by atoms with Crippen LogP contribution in [0, 0.1) is 0 Å². The van der Waals surface area contributed by atoms with Gasteiger partial charge < -0.3 is 24.5 Å². The molecule has 0 saturated carbocycles. The highest BCUT2D eigenvalue weighted by atomic mass is 35.5. The van der Waals surface area contributed by atoms with Gasteiger partial charge in [-0.1, -0.05) is 17.7 Å². The second-order valence-corrected chi connectivity index (χ2v) is 5.77. The zero-order valence-corrected chi connectivity index (χ0v) is 14.2. The summed E-state index contributed by atoms with van der Waals surface area (Å²) in [5, 5.41) is 15.1. The average molecular weight is 347 g/mol. The molecule has 24 heavy (non-hydrogen) atoms. The van der Waals surface area contributed by atoms with Gasteiger partial charge in [0, 0.05) is 28.2 Å². The Balaban J connectivity index is 1.78. The first-order chi connectivity index (χ1) is 11.6. The molecular formula is C18H19ClN2O3. The molecule has 0 unspecified atom stereocenters. The lowest BCUT2D eigenvalue weighted by molar-refractivity contribution is 0.183. The zero-order valence-electron chi connectivity index (χ0n) is 13.5. The Bertz CT molecular complexity index is 847. The molecular weight excluding hydrogens is 328 g/mol. The number of anilines is 1. The summed E-state index contributed by atoms with van der Waals surface area (Å²) in [6.45, 7) is 0.374. The highest BCUT2D eigenvalue weighted by Crippen LogP contribution is 2.30. The topological polar surface area (TPSA) is 55.6 Å². The van der Waals surface area contributed by atoms with Gasteiger partial charge in [-0.25, -0.2) is 0 Å². The molecule has 0 bridgehead atoms. The van der Waals surface area contributed by atoms with Gasteiger partial charge in [-0.3, -0.25) is 0 Å². The van der Waals surface area contributed by atoms with Gasteiger partial charge in [0.1, 0.15) is 17.7 Å². The normalized spacial score (nSPS) is 12.2. The van der Waals surface area contributed by atoms with Crippen molar-refractivity contribution in [2.24, 2.45) is 0 Å². The molecule has 1 heterocycles. The molecule has 6 heteroatoms. The number of hydrogen-bond donors (Lipinski definition) is 2. The van der Waals surface area contributed by atoms with Crippen LogP contribution in [-0.2, 0) is 6.54 Å². The van der Waals surface area contributed by atoms with Crippen LogP contribution in [0.3, 0.4) is 0 Å². The summed E-state index contributed by atoms with van der Waals surface area (Å²) in [4.78, 5) is 0. The molecule has 2 N–H and O–H groups in total. The van der Waals surface area contributed by atoms with Crippen molar-refractivity contribution in [1.82, 2.24) is 4.57 Å². The van der Waals surface area contributed by atoms with Crippen molar-refractivity contribution in [2.75, 3.05) is 19.5 Å². The maximum Gasteiger partial charge on any atom is 0.145 e. The van der Waals surface area contributed by atoms with E-state index in [9.17, 15) is 5.11 Å². The standard InChI is InChI=1S/C18H19ClN2O3/c1-23-12-6-7-15(17(10-12)24-2)20-18(22)11-21-9-8-13-14(19)4-3-5-16(13)21/h3-10,18,20,22H,11H2,1-2H3/t18-/m0/s1. The molecule has 1 aromatic heterocycles. The first kappa shape index (κ1) is 16.5. The van der Waals surface area contributed by atoms with Gasteiger partial charge >= 0.3 is 0 Å². The van der Waals surface area contributed by atoms with Gasteiger partial charge in [0.15, 0.2) is 0 Å². The molecule has 126 valence electrons. The molecule has 0 aliphatic rings. The monoisotopic (exact) mass is 346 g/mol. The summed E-state index contributed by atoms with van der Waals surface area (Å²) >= 11 is 6.18. The SMILES string of the molecule is COc1ccc(N[C@@H](O)Cn2ccc3c(Cl)cccc32)c(OC)c1. The van der Waals surface area contributed by atoms with Gasteiger partial charge in [-0.05, 0) is 30.3 Å². The number of halogens is 1. The lowest BCUT2D eigenvalue weighted by Gasteiger charge is -2.18. The van der Waals surface area contributed by atoms with Gasteiger partial charge in [-0.15, -0.1) is 0 Å². The number of rotatable bonds is 6. The first-order valence-corrected chi connectivity index (χ1v) is 7.90. The van der Waals surface area contributed by atoms with E-state index in [1.807, 2.05) is 47.2 Å². The third kappa shape index (κ3) is 3.27. The Labute approximate surface area is 145 Å². The van der Waals surface area contributed by atoms with E-state index >= 15 is 0 Å². The minimum absolute atomic E-state index is 0.374. The molecule has 2 aromatic carbocycles. The second-order valence-electron chi connectivity index (χ2n) is 5.37. The summed E-state index contributed by atoms with van der Waals surface area (Å²) in [5.41, 5.74) is 1.67. The number of aromatic nitrogens is 1. The average Bonchev–Trinajstić information content (AvgIpc) is 2.99. The molecule has 5 nitrogen and oxygen atoms in total. The van der Waals surface area contributed by atoms with Gasteiger partial charge in [0.05, 0.1) is 26.5 Å². The minimum atomic E-state index is -0.790. The van der Waals surface area contributed by atoms with Crippen LogP contribution < -0.4 is 14.8 Å². The van der Waals surface area contributed by atoms with Crippen LogP contribution in [0.2, 0.25) is 5.02 Å². The first-order valence-electron chi connectivity index (χ1n) is 7.52. The van der Waals surface area contributed by atoms with Crippen LogP contribution in [-0.4, -0.2) is 30.1 Å². The van der Waals surface area contributed by atoms with Crippen molar-refractivity contribution in [2.45, 2.75) is 12.8 Å². The Morgan fingerprint density at radius 3 is 2.75 bits per heavy atom. The number of aliphatic hydroxyl groups excluding tert-OH is 1. The van der Waals surface area contributed by atoms with Gasteiger partial charge in [-0.2, -0.15) is 0 Å². The van der Waals surface area contributed by atoms with E-state index in [1.54, 1.807) is 20.3 Å². The summed E-state index contributed by atoms with van der Waals surface area (Å²) in [6.07, 6.45) is 1.12. The summed E-state index contributed by atoms with van der Waals surface area (Å²) in [5.74, 6) is 1.30. The zero-order chi connectivity index (χ0) is 17.1. The molecule has 0 saturated heterocycles. The van der Waals surface area contributed by atoms with Crippen LogP contribution in [0.4, 0.5) is 5.69 Å². The summed E-state index contributed by atoms with van der Waals surface area (Å²) in [7, 11) is 3.17. The van der Waals surface area contributed by atoms with Crippen molar-refractivity contribution in [3.05, 3.63) is 53.7 Å². The third-order valence-corrected chi connectivity index (χ3v) is 4.19. The molecule has 0 aliphatic heterocycles. The third-order valence-electron chi connectivity index (χ3n) is 3.86. The van der Waals surface area contributed by atoms with Crippen LogP contribution >= 0.6 is 11.6 Å². The predicted molar refractivity (Wildman–Crippen MR) is 96.1 cm³/mol.